The van der Waals surface area contributed by atoms with E-state index in [1.165, 1.54) is 110 Å². The highest BCUT2D eigenvalue weighted by Gasteiger charge is 2.18. The lowest BCUT2D eigenvalue weighted by Gasteiger charge is -2.22. The van der Waals surface area contributed by atoms with Crippen molar-refractivity contribution < 1.29 is 0 Å². The molecule has 2 aromatic carbocycles. The number of hydrogen-bond acceptors (Lipinski definition) is 2. The van der Waals surface area contributed by atoms with Crippen LogP contribution in [-0.4, -0.2) is 0 Å². The molecule has 196 valence electrons. The second-order valence-corrected chi connectivity index (χ2v) is 10.5. The predicted octanol–water partition coefficient (Wildman–Crippen LogP) is 9.37. The minimum absolute atomic E-state index is 0.985. The maximum Gasteiger partial charge on any atom is 0.0349 e. The van der Waals surface area contributed by atoms with Crippen molar-refractivity contribution in [2.75, 3.05) is 11.5 Å². The predicted molar refractivity (Wildman–Crippen MR) is 157 cm³/mol. The fourth-order valence-corrected chi connectivity index (χ4v) is 5.43. The van der Waals surface area contributed by atoms with E-state index in [2.05, 4.69) is 52.0 Å². The van der Waals surface area contributed by atoms with Crippen LogP contribution in [0.15, 0.2) is 24.3 Å². The van der Waals surface area contributed by atoms with Gasteiger partial charge in [0.15, 0.2) is 0 Å². The number of anilines is 2. The van der Waals surface area contributed by atoms with Crippen LogP contribution in [0, 0.1) is 0 Å². The van der Waals surface area contributed by atoms with Crippen molar-refractivity contribution in [3.63, 3.8) is 0 Å². The Bertz CT molecular complexity index is 796. The van der Waals surface area contributed by atoms with E-state index in [9.17, 15) is 0 Å². The summed E-state index contributed by atoms with van der Waals surface area (Å²) in [7, 11) is 0. The van der Waals surface area contributed by atoms with Crippen molar-refractivity contribution in [1.29, 1.82) is 0 Å². The molecule has 0 radical (unpaired) electrons. The number of nitrogen functional groups attached to an aromatic ring is 2. The molecule has 0 bridgehead atoms. The molecule has 35 heavy (non-hydrogen) atoms. The molecule has 2 nitrogen and oxygen atoms in total. The first-order valence-corrected chi connectivity index (χ1v) is 14.8. The van der Waals surface area contributed by atoms with E-state index in [-0.39, 0.29) is 0 Å². The van der Waals surface area contributed by atoms with Crippen molar-refractivity contribution >= 4 is 11.4 Å². The van der Waals surface area contributed by atoms with Gasteiger partial charge >= 0.3 is 0 Å². The molecule has 0 spiro atoms. The van der Waals surface area contributed by atoms with Gasteiger partial charge in [-0.1, -0.05) is 91.2 Å². The van der Waals surface area contributed by atoms with Crippen LogP contribution in [0.2, 0.25) is 0 Å². The second kappa shape index (κ2) is 16.7. The molecule has 0 aliphatic heterocycles. The topological polar surface area (TPSA) is 52.0 Å². The van der Waals surface area contributed by atoms with Gasteiger partial charge in [0.25, 0.3) is 0 Å². The molecule has 0 amide bonds. The van der Waals surface area contributed by atoms with Gasteiger partial charge in [0.2, 0.25) is 0 Å². The average molecular weight is 479 g/mol. The number of rotatable bonds is 18. The quantitative estimate of drug-likeness (QED) is 0.166. The summed E-state index contributed by atoms with van der Waals surface area (Å²) in [6.45, 7) is 9.14. The standard InChI is InChI=1S/C33H54N2/c1-5-9-13-17-26-21-23-32(34)28(19-15-11-7-3)30(26)25-31-27(18-14-10-6-2)22-24-33(35)29(31)20-16-12-8-4/h21-24H,5-20,25,34-35H2,1-4H3. The normalized spacial score (nSPS) is 11.3. The molecule has 0 atom stereocenters. The summed E-state index contributed by atoms with van der Waals surface area (Å²) < 4.78 is 0. The Morgan fingerprint density at radius 3 is 1.11 bits per heavy atom. The van der Waals surface area contributed by atoms with Gasteiger partial charge in [-0.3, -0.25) is 0 Å². The number of aryl methyl sites for hydroxylation is 2. The Labute approximate surface area is 217 Å². The third-order valence-electron chi connectivity index (χ3n) is 7.64. The van der Waals surface area contributed by atoms with Crippen molar-refractivity contribution in [1.82, 2.24) is 0 Å². The molecule has 2 rings (SSSR count). The lowest BCUT2D eigenvalue weighted by atomic mass is 9.84. The van der Waals surface area contributed by atoms with E-state index >= 15 is 0 Å². The first-order valence-electron chi connectivity index (χ1n) is 14.8. The molecule has 0 unspecified atom stereocenters. The first kappa shape index (κ1) is 29.3. The molecular weight excluding hydrogens is 424 g/mol. The summed E-state index contributed by atoms with van der Waals surface area (Å²) in [5.41, 5.74) is 24.2. The summed E-state index contributed by atoms with van der Waals surface area (Å²) in [6.07, 6.45) is 20.5. The van der Waals surface area contributed by atoms with E-state index in [0.717, 1.165) is 43.5 Å². The van der Waals surface area contributed by atoms with Crippen LogP contribution < -0.4 is 11.5 Å². The Kier molecular flexibility index (Phi) is 13.9. The van der Waals surface area contributed by atoms with Gasteiger partial charge in [-0.15, -0.1) is 0 Å². The highest BCUT2D eigenvalue weighted by atomic mass is 14.6. The van der Waals surface area contributed by atoms with Gasteiger partial charge in [-0.2, -0.15) is 0 Å². The van der Waals surface area contributed by atoms with Crippen LogP contribution in [0.25, 0.3) is 0 Å². The monoisotopic (exact) mass is 478 g/mol. The SMILES string of the molecule is CCCCCc1ccc(N)c(CCCCC)c1Cc1c(CCCCC)ccc(N)c1CCCCC. The lowest BCUT2D eigenvalue weighted by molar-refractivity contribution is 0.695. The zero-order chi connectivity index (χ0) is 25.5. The number of nitrogens with two attached hydrogens (primary N) is 2. The third-order valence-corrected chi connectivity index (χ3v) is 7.64. The zero-order valence-corrected chi connectivity index (χ0v) is 23.5. The molecular formula is C33H54N2. The van der Waals surface area contributed by atoms with Gasteiger partial charge in [0.1, 0.15) is 0 Å². The van der Waals surface area contributed by atoms with Crippen molar-refractivity contribution in [2.45, 2.75) is 137 Å². The molecule has 0 aromatic heterocycles. The number of hydrogen-bond donors (Lipinski definition) is 2. The fourth-order valence-electron chi connectivity index (χ4n) is 5.43. The van der Waals surface area contributed by atoms with Gasteiger partial charge in [0, 0.05) is 11.4 Å². The van der Waals surface area contributed by atoms with Crippen LogP contribution in [0.5, 0.6) is 0 Å². The Balaban J connectivity index is 2.55. The lowest BCUT2D eigenvalue weighted by Crippen LogP contribution is -2.11. The Morgan fingerprint density at radius 1 is 0.429 bits per heavy atom. The molecule has 0 aliphatic carbocycles. The smallest absolute Gasteiger partial charge is 0.0349 e. The molecule has 2 heteroatoms. The summed E-state index contributed by atoms with van der Waals surface area (Å²) in [5, 5.41) is 0. The molecule has 4 N–H and O–H groups in total. The largest absolute Gasteiger partial charge is 0.398 e. The molecule has 0 saturated heterocycles. The van der Waals surface area contributed by atoms with E-state index in [1.54, 1.807) is 0 Å². The maximum absolute atomic E-state index is 6.66. The van der Waals surface area contributed by atoms with Crippen LogP contribution in [0.4, 0.5) is 11.4 Å². The highest BCUT2D eigenvalue weighted by Crippen LogP contribution is 2.33. The zero-order valence-electron chi connectivity index (χ0n) is 23.5. The van der Waals surface area contributed by atoms with Gasteiger partial charge in [-0.05, 0) is 103 Å². The van der Waals surface area contributed by atoms with Crippen LogP contribution >= 0.6 is 0 Å². The van der Waals surface area contributed by atoms with Crippen molar-refractivity contribution in [2.24, 2.45) is 0 Å². The molecule has 0 aliphatic rings. The van der Waals surface area contributed by atoms with Crippen LogP contribution in [-0.2, 0) is 32.1 Å². The summed E-state index contributed by atoms with van der Waals surface area (Å²) in [5.74, 6) is 0. The van der Waals surface area contributed by atoms with Gasteiger partial charge < -0.3 is 11.5 Å². The minimum Gasteiger partial charge on any atom is -0.398 e. The summed E-state index contributed by atoms with van der Waals surface area (Å²) in [4.78, 5) is 0. The number of benzene rings is 2. The molecule has 2 aromatic rings. The Morgan fingerprint density at radius 2 is 0.771 bits per heavy atom. The van der Waals surface area contributed by atoms with Crippen molar-refractivity contribution in [3.8, 4) is 0 Å². The highest BCUT2D eigenvalue weighted by molar-refractivity contribution is 5.59. The molecule has 0 fully saturated rings. The molecule has 0 saturated carbocycles. The average Bonchev–Trinajstić information content (AvgIpc) is 2.85. The van der Waals surface area contributed by atoms with Crippen LogP contribution in [0.1, 0.15) is 138 Å². The van der Waals surface area contributed by atoms with Gasteiger partial charge in [0.05, 0.1) is 0 Å². The summed E-state index contributed by atoms with van der Waals surface area (Å²) in [6, 6.07) is 9.00. The minimum atomic E-state index is 0.985. The second-order valence-electron chi connectivity index (χ2n) is 10.5. The third kappa shape index (κ3) is 9.21. The maximum atomic E-state index is 6.66. The first-order chi connectivity index (χ1) is 17.1. The van der Waals surface area contributed by atoms with Crippen LogP contribution in [0.3, 0.4) is 0 Å². The van der Waals surface area contributed by atoms with Gasteiger partial charge in [-0.25, -0.2) is 0 Å². The summed E-state index contributed by atoms with van der Waals surface area (Å²) >= 11 is 0. The number of unbranched alkanes of at least 4 members (excludes halogenated alkanes) is 8. The van der Waals surface area contributed by atoms with E-state index in [1.807, 2.05) is 0 Å². The van der Waals surface area contributed by atoms with E-state index < -0.39 is 0 Å². The van der Waals surface area contributed by atoms with E-state index in [4.69, 9.17) is 11.5 Å². The Hall–Kier alpha value is -1.96. The fraction of sp³-hybridized carbons (Fsp3) is 0.636. The molecule has 0 heterocycles. The van der Waals surface area contributed by atoms with E-state index in [0.29, 0.717) is 0 Å². The van der Waals surface area contributed by atoms with Crippen molar-refractivity contribution in [3.05, 3.63) is 57.6 Å².